The fourth-order valence-corrected chi connectivity index (χ4v) is 6.30. The van der Waals surface area contributed by atoms with Crippen molar-refractivity contribution >= 4 is 5.91 Å². The zero-order valence-corrected chi connectivity index (χ0v) is 14.6. The molecular weight excluding hydrogens is 300 g/mol. The molecule has 6 rings (SSSR count). The molecule has 0 saturated heterocycles. The largest absolute Gasteiger partial charge is 0.345 e. The van der Waals surface area contributed by atoms with Gasteiger partial charge in [0.15, 0.2) is 5.69 Å². The Kier molecular flexibility index (Phi) is 3.31. The van der Waals surface area contributed by atoms with Gasteiger partial charge in [-0.1, -0.05) is 0 Å². The molecule has 5 aliphatic rings. The molecule has 5 nitrogen and oxygen atoms in total. The number of nitrogens with zero attached hydrogens (tertiary/aromatic N) is 3. The van der Waals surface area contributed by atoms with E-state index in [4.69, 9.17) is 0 Å². The number of aryl methyl sites for hydroxylation is 1. The third-order valence-corrected chi connectivity index (χ3v) is 6.85. The van der Waals surface area contributed by atoms with Gasteiger partial charge in [-0.3, -0.25) is 9.48 Å². The molecule has 1 aromatic heterocycles. The van der Waals surface area contributed by atoms with Crippen LogP contribution in [0.5, 0.6) is 0 Å². The summed E-state index contributed by atoms with van der Waals surface area (Å²) in [6.07, 6.45) is 8.89. The third kappa shape index (κ3) is 2.48. The van der Waals surface area contributed by atoms with Crippen LogP contribution in [-0.4, -0.2) is 39.7 Å². The standard InChI is InChI=1S/C19H28N4O/c1-22-3-2-4-23-16(12-22)8-17(21-23)18(24)20-19-9-13-5-14(10-19)7-15(6-13)11-19/h8,13-15H,2-7,9-12H2,1H3,(H,20,24). The van der Waals surface area contributed by atoms with Gasteiger partial charge in [0.05, 0.1) is 5.69 Å². The highest BCUT2D eigenvalue weighted by Crippen LogP contribution is 2.55. The first-order valence-electron chi connectivity index (χ1n) is 9.66. The van der Waals surface area contributed by atoms with Gasteiger partial charge < -0.3 is 10.2 Å². The predicted molar refractivity (Wildman–Crippen MR) is 91.5 cm³/mol. The highest BCUT2D eigenvalue weighted by Gasteiger charge is 2.51. The van der Waals surface area contributed by atoms with E-state index in [1.54, 1.807) is 0 Å². The summed E-state index contributed by atoms with van der Waals surface area (Å²) in [5, 5.41) is 8.07. The Balaban J connectivity index is 1.35. The summed E-state index contributed by atoms with van der Waals surface area (Å²) in [5.41, 5.74) is 1.87. The summed E-state index contributed by atoms with van der Waals surface area (Å²) >= 11 is 0. The maximum atomic E-state index is 12.9. The molecule has 1 aromatic rings. The van der Waals surface area contributed by atoms with E-state index in [0.717, 1.165) is 43.8 Å². The topological polar surface area (TPSA) is 50.2 Å². The van der Waals surface area contributed by atoms with E-state index in [1.807, 2.05) is 10.7 Å². The van der Waals surface area contributed by atoms with E-state index >= 15 is 0 Å². The maximum Gasteiger partial charge on any atom is 0.272 e. The Morgan fingerprint density at radius 3 is 2.50 bits per heavy atom. The maximum absolute atomic E-state index is 12.9. The molecule has 1 amide bonds. The van der Waals surface area contributed by atoms with Crippen LogP contribution in [0.1, 0.15) is 61.1 Å². The van der Waals surface area contributed by atoms with Gasteiger partial charge in [0, 0.05) is 25.2 Å². The van der Waals surface area contributed by atoms with Gasteiger partial charge in [-0.15, -0.1) is 0 Å². The number of amides is 1. The molecule has 4 bridgehead atoms. The lowest BCUT2D eigenvalue weighted by Crippen LogP contribution is -2.59. The van der Waals surface area contributed by atoms with Crippen LogP contribution >= 0.6 is 0 Å². The van der Waals surface area contributed by atoms with E-state index < -0.39 is 0 Å². The zero-order chi connectivity index (χ0) is 16.3. The molecule has 2 heterocycles. The van der Waals surface area contributed by atoms with Crippen molar-refractivity contribution in [3.05, 3.63) is 17.5 Å². The quantitative estimate of drug-likeness (QED) is 0.907. The van der Waals surface area contributed by atoms with Gasteiger partial charge in [-0.25, -0.2) is 0 Å². The average Bonchev–Trinajstić information content (AvgIpc) is 2.80. The van der Waals surface area contributed by atoms with Crippen LogP contribution in [0.2, 0.25) is 0 Å². The van der Waals surface area contributed by atoms with Gasteiger partial charge in [0.25, 0.3) is 5.91 Å². The van der Waals surface area contributed by atoms with Gasteiger partial charge in [-0.2, -0.15) is 5.10 Å². The van der Waals surface area contributed by atoms with E-state index in [0.29, 0.717) is 5.69 Å². The second-order valence-corrected chi connectivity index (χ2v) is 8.99. The number of aromatic nitrogens is 2. The van der Waals surface area contributed by atoms with Crippen molar-refractivity contribution in [1.82, 2.24) is 20.0 Å². The van der Waals surface area contributed by atoms with Gasteiger partial charge >= 0.3 is 0 Å². The second kappa shape index (κ2) is 5.32. The van der Waals surface area contributed by atoms with Gasteiger partial charge in [0.2, 0.25) is 0 Å². The normalized spacial score (nSPS) is 38.0. The monoisotopic (exact) mass is 328 g/mol. The molecule has 130 valence electrons. The number of rotatable bonds is 2. The first-order valence-corrected chi connectivity index (χ1v) is 9.66. The molecule has 0 unspecified atom stereocenters. The Labute approximate surface area is 143 Å². The van der Waals surface area contributed by atoms with Crippen LogP contribution in [0.3, 0.4) is 0 Å². The van der Waals surface area contributed by atoms with Crippen molar-refractivity contribution in [2.24, 2.45) is 17.8 Å². The molecule has 24 heavy (non-hydrogen) atoms. The number of fused-ring (bicyclic) bond motifs is 1. The molecule has 0 aromatic carbocycles. The van der Waals surface area contributed by atoms with Crippen LogP contribution < -0.4 is 5.32 Å². The SMILES string of the molecule is CN1CCCn2nc(C(=O)NC34CC5CC(CC(C5)C3)C4)cc2C1. The van der Waals surface area contributed by atoms with E-state index in [2.05, 4.69) is 22.4 Å². The minimum Gasteiger partial charge on any atom is -0.345 e. The highest BCUT2D eigenvalue weighted by molar-refractivity contribution is 5.93. The average molecular weight is 328 g/mol. The van der Waals surface area contributed by atoms with Crippen molar-refractivity contribution in [2.75, 3.05) is 13.6 Å². The lowest BCUT2D eigenvalue weighted by atomic mass is 9.53. The van der Waals surface area contributed by atoms with E-state index in [1.165, 1.54) is 44.2 Å². The molecule has 1 N–H and O–H groups in total. The van der Waals surface area contributed by atoms with E-state index in [-0.39, 0.29) is 11.4 Å². The summed E-state index contributed by atoms with van der Waals surface area (Å²) in [5.74, 6) is 2.61. The molecular formula is C19H28N4O. The molecule has 0 radical (unpaired) electrons. The smallest absolute Gasteiger partial charge is 0.272 e. The fourth-order valence-electron chi connectivity index (χ4n) is 6.30. The van der Waals surface area contributed by atoms with Crippen molar-refractivity contribution in [3.63, 3.8) is 0 Å². The Bertz CT molecular complexity index is 629. The minimum atomic E-state index is 0.0557. The van der Waals surface area contributed by atoms with Crippen LogP contribution in [0.15, 0.2) is 6.07 Å². The van der Waals surface area contributed by atoms with Crippen LogP contribution in [0.25, 0.3) is 0 Å². The Morgan fingerprint density at radius 2 is 1.83 bits per heavy atom. The molecule has 0 spiro atoms. The molecule has 1 aliphatic heterocycles. The van der Waals surface area contributed by atoms with Crippen LogP contribution in [0.4, 0.5) is 0 Å². The zero-order valence-electron chi connectivity index (χ0n) is 14.6. The molecule has 4 aliphatic carbocycles. The summed E-state index contributed by atoms with van der Waals surface area (Å²) in [7, 11) is 2.14. The first kappa shape index (κ1) is 14.9. The van der Waals surface area contributed by atoms with Crippen LogP contribution in [-0.2, 0) is 13.1 Å². The fraction of sp³-hybridized carbons (Fsp3) is 0.789. The Hall–Kier alpha value is -1.36. The summed E-state index contributed by atoms with van der Waals surface area (Å²) in [4.78, 5) is 15.2. The molecule has 0 atom stereocenters. The number of nitrogens with one attached hydrogen (secondary N) is 1. The Morgan fingerprint density at radius 1 is 1.17 bits per heavy atom. The lowest BCUT2D eigenvalue weighted by molar-refractivity contribution is -0.0168. The summed E-state index contributed by atoms with van der Waals surface area (Å²) < 4.78 is 2.04. The van der Waals surface area contributed by atoms with Crippen LogP contribution in [0, 0.1) is 17.8 Å². The molecule has 4 saturated carbocycles. The first-order chi connectivity index (χ1) is 11.6. The summed E-state index contributed by atoms with van der Waals surface area (Å²) in [6, 6.07) is 2.01. The molecule has 5 heteroatoms. The minimum absolute atomic E-state index is 0.0557. The third-order valence-electron chi connectivity index (χ3n) is 6.85. The van der Waals surface area contributed by atoms with E-state index in [9.17, 15) is 4.79 Å². The number of hydrogen-bond acceptors (Lipinski definition) is 3. The number of hydrogen-bond donors (Lipinski definition) is 1. The highest BCUT2D eigenvalue weighted by atomic mass is 16.2. The lowest BCUT2D eigenvalue weighted by Gasteiger charge is -2.56. The van der Waals surface area contributed by atoms with Gasteiger partial charge in [0.1, 0.15) is 0 Å². The van der Waals surface area contributed by atoms with Crippen molar-refractivity contribution < 1.29 is 4.79 Å². The number of carbonyl (C=O) groups excluding carboxylic acids is 1. The second-order valence-electron chi connectivity index (χ2n) is 8.99. The summed E-state index contributed by atoms with van der Waals surface area (Å²) in [6.45, 7) is 2.90. The van der Waals surface area contributed by atoms with Gasteiger partial charge in [-0.05, 0) is 75.8 Å². The van der Waals surface area contributed by atoms with Crippen molar-refractivity contribution in [3.8, 4) is 0 Å². The van der Waals surface area contributed by atoms with Crippen molar-refractivity contribution in [2.45, 2.75) is 63.6 Å². The number of carbonyl (C=O) groups is 1. The van der Waals surface area contributed by atoms with Crippen molar-refractivity contribution in [1.29, 1.82) is 0 Å². The predicted octanol–water partition coefficient (Wildman–Crippen LogP) is 2.42. The molecule has 4 fully saturated rings.